The molecule has 1 aliphatic heterocycles. The zero-order chi connectivity index (χ0) is 19.0. The van der Waals surface area contributed by atoms with Crippen LogP contribution in [0.25, 0.3) is 5.78 Å². The number of aryl methyl sites for hydroxylation is 3. The molecule has 3 heterocycles. The Morgan fingerprint density at radius 1 is 1.15 bits per heavy atom. The van der Waals surface area contributed by atoms with Crippen LogP contribution >= 0.6 is 0 Å². The molecule has 1 aliphatic rings. The van der Waals surface area contributed by atoms with Crippen molar-refractivity contribution in [2.24, 2.45) is 5.92 Å². The molecule has 0 radical (unpaired) electrons. The predicted octanol–water partition coefficient (Wildman–Crippen LogP) is 2.90. The second-order valence-electron chi connectivity index (χ2n) is 7.24. The Morgan fingerprint density at radius 2 is 1.85 bits per heavy atom. The monoisotopic (exact) mass is 364 g/mol. The van der Waals surface area contributed by atoms with Crippen LogP contribution in [0.5, 0.6) is 0 Å². The molecule has 4 rings (SSSR count). The van der Waals surface area contributed by atoms with E-state index in [2.05, 4.69) is 25.3 Å². The molecule has 0 aliphatic carbocycles. The minimum atomic E-state index is 0.0226. The highest BCUT2D eigenvalue weighted by Crippen LogP contribution is 2.26. The number of fused-ring (bicyclic) bond motifs is 1. The molecule has 0 unspecified atom stereocenters. The van der Waals surface area contributed by atoms with Gasteiger partial charge in [0.15, 0.2) is 0 Å². The van der Waals surface area contributed by atoms with Gasteiger partial charge in [-0.15, -0.1) is 0 Å². The standard InChI is InChI=1S/C20H24N6O/c1-13-5-4-6-14(2)18(13)24-19(27)16-7-9-25(10-8-16)17-11-15(3)23-20-21-12-22-26(17)20/h4-6,11-12,16H,7-10H2,1-3H3,(H,24,27). The first-order valence-electron chi connectivity index (χ1n) is 9.32. The van der Waals surface area contributed by atoms with E-state index in [-0.39, 0.29) is 11.8 Å². The predicted molar refractivity (Wildman–Crippen MR) is 105 cm³/mol. The summed E-state index contributed by atoms with van der Waals surface area (Å²) >= 11 is 0. The third-order valence-electron chi connectivity index (χ3n) is 5.28. The van der Waals surface area contributed by atoms with Crippen LogP contribution in [-0.4, -0.2) is 38.6 Å². The van der Waals surface area contributed by atoms with Gasteiger partial charge in [0.05, 0.1) is 0 Å². The van der Waals surface area contributed by atoms with E-state index >= 15 is 0 Å². The third-order valence-corrected chi connectivity index (χ3v) is 5.28. The lowest BCUT2D eigenvalue weighted by Crippen LogP contribution is -2.39. The lowest BCUT2D eigenvalue weighted by atomic mass is 9.95. The van der Waals surface area contributed by atoms with Crippen LogP contribution in [0.1, 0.15) is 29.7 Å². The Hall–Kier alpha value is -2.96. The molecule has 0 saturated carbocycles. The van der Waals surface area contributed by atoms with Gasteiger partial charge in [0.25, 0.3) is 5.78 Å². The van der Waals surface area contributed by atoms with Crippen LogP contribution in [0.4, 0.5) is 11.5 Å². The number of nitrogens with zero attached hydrogens (tertiary/aromatic N) is 5. The molecule has 27 heavy (non-hydrogen) atoms. The molecule has 1 saturated heterocycles. The van der Waals surface area contributed by atoms with Crippen molar-refractivity contribution in [2.45, 2.75) is 33.6 Å². The van der Waals surface area contributed by atoms with Crippen molar-refractivity contribution in [2.75, 3.05) is 23.3 Å². The number of amides is 1. The van der Waals surface area contributed by atoms with E-state index in [1.165, 1.54) is 6.33 Å². The first-order valence-corrected chi connectivity index (χ1v) is 9.32. The number of carbonyl (C=O) groups is 1. The van der Waals surface area contributed by atoms with Crippen molar-refractivity contribution < 1.29 is 4.79 Å². The Labute approximate surface area is 158 Å². The molecule has 7 nitrogen and oxygen atoms in total. The van der Waals surface area contributed by atoms with Crippen LogP contribution in [0, 0.1) is 26.7 Å². The summed E-state index contributed by atoms with van der Waals surface area (Å²) in [6, 6.07) is 8.10. The van der Waals surface area contributed by atoms with E-state index in [4.69, 9.17) is 0 Å². The fraction of sp³-hybridized carbons (Fsp3) is 0.400. The summed E-state index contributed by atoms with van der Waals surface area (Å²) in [7, 11) is 0. The minimum absolute atomic E-state index is 0.0226. The second-order valence-corrected chi connectivity index (χ2v) is 7.24. The van der Waals surface area contributed by atoms with Crippen LogP contribution < -0.4 is 10.2 Å². The number of hydrogen-bond acceptors (Lipinski definition) is 5. The molecule has 1 fully saturated rings. The van der Waals surface area contributed by atoms with Gasteiger partial charge in [-0.25, -0.2) is 4.98 Å². The highest BCUT2D eigenvalue weighted by Gasteiger charge is 2.27. The molecule has 2 aromatic heterocycles. The topological polar surface area (TPSA) is 75.4 Å². The fourth-order valence-corrected chi connectivity index (χ4v) is 3.74. The molecular weight excluding hydrogens is 340 g/mol. The highest BCUT2D eigenvalue weighted by atomic mass is 16.1. The van der Waals surface area contributed by atoms with E-state index in [0.717, 1.165) is 54.3 Å². The third kappa shape index (κ3) is 3.37. The SMILES string of the molecule is Cc1cc(N2CCC(C(=O)Nc3c(C)cccc3C)CC2)n2ncnc2n1. The molecule has 0 bridgehead atoms. The van der Waals surface area contributed by atoms with Gasteiger partial charge in [0, 0.05) is 36.5 Å². The van der Waals surface area contributed by atoms with E-state index in [0.29, 0.717) is 5.78 Å². The van der Waals surface area contributed by atoms with E-state index in [1.54, 1.807) is 4.52 Å². The second kappa shape index (κ2) is 6.98. The summed E-state index contributed by atoms with van der Waals surface area (Å²) in [4.78, 5) is 23.6. The van der Waals surface area contributed by atoms with E-state index < -0.39 is 0 Å². The summed E-state index contributed by atoms with van der Waals surface area (Å²) < 4.78 is 1.77. The maximum absolute atomic E-state index is 12.8. The maximum Gasteiger partial charge on any atom is 0.254 e. The number of piperidine rings is 1. The number of nitrogens with one attached hydrogen (secondary N) is 1. The number of benzene rings is 1. The molecule has 1 amide bonds. The largest absolute Gasteiger partial charge is 0.356 e. The first kappa shape index (κ1) is 17.5. The Balaban J connectivity index is 1.46. The van der Waals surface area contributed by atoms with Gasteiger partial charge in [-0.2, -0.15) is 14.6 Å². The highest BCUT2D eigenvalue weighted by molar-refractivity contribution is 5.94. The van der Waals surface area contributed by atoms with Gasteiger partial charge in [0.1, 0.15) is 12.1 Å². The number of anilines is 2. The van der Waals surface area contributed by atoms with Crippen molar-refractivity contribution in [3.63, 3.8) is 0 Å². The van der Waals surface area contributed by atoms with E-state index in [9.17, 15) is 4.79 Å². The lowest BCUT2D eigenvalue weighted by molar-refractivity contribution is -0.120. The van der Waals surface area contributed by atoms with Crippen LogP contribution in [0.2, 0.25) is 0 Å². The van der Waals surface area contributed by atoms with Gasteiger partial charge < -0.3 is 10.2 Å². The number of aromatic nitrogens is 4. The molecule has 0 spiro atoms. The summed E-state index contributed by atoms with van der Waals surface area (Å²) in [6.07, 6.45) is 3.15. The van der Waals surface area contributed by atoms with E-state index in [1.807, 2.05) is 45.0 Å². The van der Waals surface area contributed by atoms with Crippen LogP contribution in [0.3, 0.4) is 0 Å². The van der Waals surface area contributed by atoms with Gasteiger partial charge in [-0.1, -0.05) is 18.2 Å². The van der Waals surface area contributed by atoms with Gasteiger partial charge in [-0.05, 0) is 44.7 Å². The summed E-state index contributed by atoms with van der Waals surface area (Å²) in [5.74, 6) is 1.74. The summed E-state index contributed by atoms with van der Waals surface area (Å²) in [5.41, 5.74) is 4.06. The molecule has 0 atom stereocenters. The van der Waals surface area contributed by atoms with Crippen LogP contribution in [0.15, 0.2) is 30.6 Å². The minimum Gasteiger partial charge on any atom is -0.356 e. The molecule has 3 aromatic rings. The zero-order valence-corrected chi connectivity index (χ0v) is 15.9. The van der Waals surface area contributed by atoms with Gasteiger partial charge in [0.2, 0.25) is 5.91 Å². The van der Waals surface area contributed by atoms with Crippen molar-refractivity contribution in [3.8, 4) is 0 Å². The smallest absolute Gasteiger partial charge is 0.254 e. The molecular formula is C20H24N6O. The fourth-order valence-electron chi connectivity index (χ4n) is 3.74. The van der Waals surface area contributed by atoms with Gasteiger partial charge >= 0.3 is 0 Å². The van der Waals surface area contributed by atoms with Crippen LogP contribution in [-0.2, 0) is 4.79 Å². The molecule has 1 aromatic carbocycles. The quantitative estimate of drug-likeness (QED) is 0.773. The van der Waals surface area contributed by atoms with Crippen molar-refractivity contribution in [1.82, 2.24) is 19.6 Å². The Morgan fingerprint density at radius 3 is 2.56 bits per heavy atom. The molecule has 7 heteroatoms. The first-order chi connectivity index (χ1) is 13.0. The summed E-state index contributed by atoms with van der Waals surface area (Å²) in [5, 5.41) is 7.43. The maximum atomic E-state index is 12.8. The summed E-state index contributed by atoms with van der Waals surface area (Å²) in [6.45, 7) is 7.64. The number of para-hydroxylation sites is 1. The molecule has 1 N–H and O–H groups in total. The normalized spacial score (nSPS) is 15.3. The zero-order valence-electron chi connectivity index (χ0n) is 15.9. The number of rotatable bonds is 3. The van der Waals surface area contributed by atoms with Crippen molar-refractivity contribution in [3.05, 3.63) is 47.4 Å². The van der Waals surface area contributed by atoms with Gasteiger partial charge in [-0.3, -0.25) is 4.79 Å². The van der Waals surface area contributed by atoms with Crippen molar-refractivity contribution in [1.29, 1.82) is 0 Å². The number of hydrogen-bond donors (Lipinski definition) is 1. The van der Waals surface area contributed by atoms with Crippen molar-refractivity contribution >= 4 is 23.2 Å². The Kier molecular flexibility index (Phi) is 4.51. The number of carbonyl (C=O) groups excluding carboxylic acids is 1. The average Bonchev–Trinajstić information content (AvgIpc) is 3.12. The average molecular weight is 364 g/mol. The lowest BCUT2D eigenvalue weighted by Gasteiger charge is -2.33. The Bertz CT molecular complexity index is 967. The molecule has 140 valence electrons.